The Morgan fingerprint density at radius 2 is 2.21 bits per heavy atom. The number of hydrogen-bond acceptors (Lipinski definition) is 4. The van der Waals surface area contributed by atoms with Crippen LogP contribution in [0.2, 0.25) is 0 Å². The molecule has 2 aromatic rings. The molecule has 0 saturated heterocycles. The molecular weight excluding hydrogens is 238 g/mol. The quantitative estimate of drug-likeness (QED) is 0.843. The molecule has 2 atom stereocenters. The number of benzene rings is 1. The fourth-order valence-electron chi connectivity index (χ4n) is 2.20. The Labute approximate surface area is 112 Å². The first-order chi connectivity index (χ1) is 9.17. The third kappa shape index (κ3) is 2.37. The zero-order valence-electron chi connectivity index (χ0n) is 11.1. The maximum atomic E-state index is 8.80. The number of nitrogens with zero attached hydrogens (tertiary/aromatic N) is 3. The molecule has 0 aliphatic heterocycles. The van der Waals surface area contributed by atoms with Gasteiger partial charge in [0.2, 0.25) is 5.89 Å². The van der Waals surface area contributed by atoms with E-state index in [0.29, 0.717) is 18.1 Å². The average molecular weight is 253 g/mol. The van der Waals surface area contributed by atoms with Gasteiger partial charge in [-0.25, -0.2) is 0 Å². The molecule has 19 heavy (non-hydrogen) atoms. The smallest absolute Gasteiger partial charge is 0.231 e. The van der Waals surface area contributed by atoms with Crippen LogP contribution in [0.15, 0.2) is 22.7 Å². The fourth-order valence-corrected chi connectivity index (χ4v) is 2.20. The van der Waals surface area contributed by atoms with Gasteiger partial charge in [-0.15, -0.1) is 0 Å². The lowest BCUT2D eigenvalue weighted by atomic mass is 10.0. The van der Waals surface area contributed by atoms with Gasteiger partial charge in [-0.05, 0) is 37.0 Å². The predicted molar refractivity (Wildman–Crippen MR) is 69.5 cm³/mol. The summed E-state index contributed by atoms with van der Waals surface area (Å²) in [5.74, 6) is 1.54. The van der Waals surface area contributed by atoms with Crippen molar-refractivity contribution in [3.05, 3.63) is 46.6 Å². The van der Waals surface area contributed by atoms with Gasteiger partial charge in [0.05, 0.1) is 17.9 Å². The minimum Gasteiger partial charge on any atom is -0.339 e. The van der Waals surface area contributed by atoms with Crippen LogP contribution in [0.4, 0.5) is 0 Å². The summed E-state index contributed by atoms with van der Waals surface area (Å²) in [7, 11) is 0. The first-order valence-electron chi connectivity index (χ1n) is 6.45. The van der Waals surface area contributed by atoms with Crippen LogP contribution < -0.4 is 0 Å². The van der Waals surface area contributed by atoms with Crippen LogP contribution in [0.5, 0.6) is 0 Å². The minimum absolute atomic E-state index is 0.0647. The second kappa shape index (κ2) is 4.51. The molecule has 1 saturated carbocycles. The summed E-state index contributed by atoms with van der Waals surface area (Å²) in [5, 5.41) is 12.8. The van der Waals surface area contributed by atoms with Gasteiger partial charge in [0.1, 0.15) is 0 Å². The van der Waals surface area contributed by atoms with E-state index in [4.69, 9.17) is 9.78 Å². The summed E-state index contributed by atoms with van der Waals surface area (Å²) in [6.07, 6.45) is 1.52. The minimum atomic E-state index is 0.0647. The first-order valence-corrected chi connectivity index (χ1v) is 6.45. The van der Waals surface area contributed by atoms with Crippen LogP contribution in [0, 0.1) is 31.1 Å². The maximum absolute atomic E-state index is 8.80. The van der Waals surface area contributed by atoms with Crippen LogP contribution >= 0.6 is 0 Å². The van der Waals surface area contributed by atoms with Gasteiger partial charge < -0.3 is 4.52 Å². The van der Waals surface area contributed by atoms with Gasteiger partial charge in [0.15, 0.2) is 5.82 Å². The van der Waals surface area contributed by atoms with Gasteiger partial charge in [-0.3, -0.25) is 0 Å². The van der Waals surface area contributed by atoms with Crippen molar-refractivity contribution in [1.82, 2.24) is 10.1 Å². The van der Waals surface area contributed by atoms with Crippen LogP contribution in [0.3, 0.4) is 0 Å². The molecule has 1 aliphatic carbocycles. The third-order valence-electron chi connectivity index (χ3n) is 3.69. The molecule has 4 heteroatoms. The molecule has 1 aromatic carbocycles. The average Bonchev–Trinajstić information content (AvgIpc) is 3.06. The molecule has 0 spiro atoms. The molecule has 3 rings (SSSR count). The fraction of sp³-hybridized carbons (Fsp3) is 0.400. The van der Waals surface area contributed by atoms with Gasteiger partial charge >= 0.3 is 0 Å². The van der Waals surface area contributed by atoms with Crippen molar-refractivity contribution < 1.29 is 4.52 Å². The third-order valence-corrected chi connectivity index (χ3v) is 3.69. The zero-order chi connectivity index (χ0) is 13.4. The van der Waals surface area contributed by atoms with Crippen molar-refractivity contribution in [2.24, 2.45) is 5.92 Å². The van der Waals surface area contributed by atoms with E-state index in [2.05, 4.69) is 48.3 Å². The van der Waals surface area contributed by atoms with Crippen LogP contribution in [-0.4, -0.2) is 10.1 Å². The maximum Gasteiger partial charge on any atom is 0.231 e. The summed E-state index contributed by atoms with van der Waals surface area (Å²) in [5.41, 5.74) is 3.74. The Bertz CT molecular complexity index is 654. The number of hydrogen-bond donors (Lipinski definition) is 0. The molecular formula is C15H15N3O. The lowest BCUT2D eigenvalue weighted by Gasteiger charge is -2.02. The van der Waals surface area contributed by atoms with Crippen LogP contribution in [-0.2, 0) is 6.42 Å². The van der Waals surface area contributed by atoms with Gasteiger partial charge in [-0.1, -0.05) is 23.4 Å². The molecule has 0 amide bonds. The van der Waals surface area contributed by atoms with Crippen molar-refractivity contribution >= 4 is 0 Å². The second-order valence-corrected chi connectivity index (χ2v) is 5.22. The molecule has 1 aromatic heterocycles. The van der Waals surface area contributed by atoms with E-state index < -0.39 is 0 Å². The van der Waals surface area contributed by atoms with E-state index in [1.54, 1.807) is 0 Å². The standard InChI is InChI=1S/C15H15N3O/c1-9-3-4-11(5-10(9)2)6-14-17-15(19-18-14)13-7-12(13)8-16/h3-5,12-13H,6-7H2,1-2H3. The van der Waals surface area contributed by atoms with E-state index in [1.807, 2.05) is 0 Å². The monoisotopic (exact) mass is 253 g/mol. The summed E-state index contributed by atoms with van der Waals surface area (Å²) < 4.78 is 5.23. The van der Waals surface area contributed by atoms with Crippen molar-refractivity contribution in [2.45, 2.75) is 32.6 Å². The Morgan fingerprint density at radius 3 is 2.89 bits per heavy atom. The van der Waals surface area contributed by atoms with E-state index in [-0.39, 0.29) is 11.8 Å². The molecule has 96 valence electrons. The van der Waals surface area contributed by atoms with Gasteiger partial charge in [0, 0.05) is 6.42 Å². The Kier molecular flexibility index (Phi) is 2.83. The molecule has 4 nitrogen and oxygen atoms in total. The van der Waals surface area contributed by atoms with Crippen LogP contribution in [0.1, 0.15) is 40.7 Å². The molecule has 2 unspecified atom stereocenters. The highest BCUT2D eigenvalue weighted by Crippen LogP contribution is 2.46. The molecule has 0 bridgehead atoms. The highest BCUT2D eigenvalue weighted by atomic mass is 16.5. The summed E-state index contributed by atoms with van der Waals surface area (Å²) >= 11 is 0. The topological polar surface area (TPSA) is 62.7 Å². The van der Waals surface area contributed by atoms with Crippen molar-refractivity contribution in [1.29, 1.82) is 5.26 Å². The molecule has 1 aliphatic rings. The predicted octanol–water partition coefficient (Wildman–Crippen LogP) is 2.90. The normalized spacial score (nSPS) is 21.1. The Morgan fingerprint density at radius 1 is 1.37 bits per heavy atom. The van der Waals surface area contributed by atoms with E-state index >= 15 is 0 Å². The molecule has 1 heterocycles. The summed E-state index contributed by atoms with van der Waals surface area (Å²) in [6, 6.07) is 8.59. The zero-order valence-corrected chi connectivity index (χ0v) is 11.1. The van der Waals surface area contributed by atoms with E-state index in [0.717, 1.165) is 6.42 Å². The molecule has 0 radical (unpaired) electrons. The summed E-state index contributed by atoms with van der Waals surface area (Å²) in [6.45, 7) is 4.20. The largest absolute Gasteiger partial charge is 0.339 e. The molecule has 1 fully saturated rings. The van der Waals surface area contributed by atoms with Crippen molar-refractivity contribution in [2.75, 3.05) is 0 Å². The lowest BCUT2D eigenvalue weighted by Crippen LogP contribution is -1.93. The number of aromatic nitrogens is 2. The lowest BCUT2D eigenvalue weighted by molar-refractivity contribution is 0.373. The van der Waals surface area contributed by atoms with Gasteiger partial charge in [-0.2, -0.15) is 10.2 Å². The Balaban J connectivity index is 1.73. The van der Waals surface area contributed by atoms with Crippen LogP contribution in [0.25, 0.3) is 0 Å². The molecule has 0 N–H and O–H groups in total. The summed E-state index contributed by atoms with van der Waals surface area (Å²) in [4.78, 5) is 4.39. The Hall–Kier alpha value is -2.15. The number of rotatable bonds is 3. The van der Waals surface area contributed by atoms with E-state index in [1.165, 1.54) is 16.7 Å². The SMILES string of the molecule is Cc1ccc(Cc2noc(C3CC3C#N)n2)cc1C. The highest BCUT2D eigenvalue weighted by Gasteiger charge is 2.43. The number of aryl methyl sites for hydroxylation is 2. The van der Waals surface area contributed by atoms with E-state index in [9.17, 15) is 0 Å². The second-order valence-electron chi connectivity index (χ2n) is 5.22. The number of nitriles is 1. The van der Waals surface area contributed by atoms with Crippen molar-refractivity contribution in [3.63, 3.8) is 0 Å². The van der Waals surface area contributed by atoms with Gasteiger partial charge in [0.25, 0.3) is 0 Å². The van der Waals surface area contributed by atoms with Crippen molar-refractivity contribution in [3.8, 4) is 6.07 Å². The highest BCUT2D eigenvalue weighted by molar-refractivity contribution is 5.31. The first kappa shape index (κ1) is 11.9.